The molecule has 1 aliphatic rings. The third-order valence-corrected chi connectivity index (χ3v) is 3.79. The summed E-state index contributed by atoms with van der Waals surface area (Å²) in [5.74, 6) is 0.995. The number of nitrogens with two attached hydrogens (primary N) is 1. The lowest BCUT2D eigenvalue weighted by atomic mass is 10.1. The molecule has 0 saturated carbocycles. The van der Waals surface area contributed by atoms with Crippen molar-refractivity contribution in [2.75, 3.05) is 11.9 Å². The summed E-state index contributed by atoms with van der Waals surface area (Å²) in [7, 11) is 2.05. The zero-order valence-electron chi connectivity index (χ0n) is 11.3. The van der Waals surface area contributed by atoms with Crippen LogP contribution in [0.25, 0.3) is 0 Å². The highest BCUT2D eigenvalue weighted by Gasteiger charge is 2.18. The van der Waals surface area contributed by atoms with Crippen molar-refractivity contribution in [3.8, 4) is 0 Å². The van der Waals surface area contributed by atoms with E-state index >= 15 is 0 Å². The molecule has 1 heterocycles. The Bertz CT molecular complexity index is 578. The van der Waals surface area contributed by atoms with Crippen molar-refractivity contribution in [3.05, 3.63) is 53.2 Å². The van der Waals surface area contributed by atoms with Crippen LogP contribution in [0.2, 0.25) is 0 Å². The average Bonchev–Trinajstić information content (AvgIpc) is 2.93. The molecule has 0 spiro atoms. The highest BCUT2D eigenvalue weighted by Crippen LogP contribution is 2.30. The van der Waals surface area contributed by atoms with Gasteiger partial charge in [-0.05, 0) is 43.0 Å². The van der Waals surface area contributed by atoms with E-state index < -0.39 is 0 Å². The van der Waals surface area contributed by atoms with Crippen molar-refractivity contribution in [1.82, 2.24) is 4.98 Å². The van der Waals surface area contributed by atoms with Gasteiger partial charge < -0.3 is 10.6 Å². The second-order valence-corrected chi connectivity index (χ2v) is 5.03. The molecular weight excluding hydrogens is 234 g/mol. The molecule has 0 aliphatic heterocycles. The Kier molecular flexibility index (Phi) is 3.22. The summed E-state index contributed by atoms with van der Waals surface area (Å²) in [6.07, 6.45) is 3.45. The Morgan fingerprint density at radius 3 is 2.74 bits per heavy atom. The van der Waals surface area contributed by atoms with Crippen molar-refractivity contribution >= 4 is 11.5 Å². The highest BCUT2D eigenvalue weighted by molar-refractivity contribution is 5.63. The molecule has 0 bridgehead atoms. The molecule has 3 rings (SSSR count). The number of benzene rings is 1. The Balaban J connectivity index is 2.04. The number of aromatic nitrogens is 1. The van der Waals surface area contributed by atoms with Crippen LogP contribution in [0.3, 0.4) is 0 Å². The summed E-state index contributed by atoms with van der Waals surface area (Å²) in [5, 5.41) is 0. The van der Waals surface area contributed by atoms with E-state index in [1.807, 2.05) is 18.2 Å². The minimum Gasteiger partial charge on any atom is -0.329 e. The Morgan fingerprint density at radius 1 is 1.21 bits per heavy atom. The first-order valence-corrected chi connectivity index (χ1v) is 6.80. The van der Waals surface area contributed by atoms with E-state index in [1.165, 1.54) is 17.7 Å². The molecule has 0 atom stereocenters. The van der Waals surface area contributed by atoms with Gasteiger partial charge >= 0.3 is 0 Å². The van der Waals surface area contributed by atoms with Gasteiger partial charge in [0.25, 0.3) is 0 Å². The van der Waals surface area contributed by atoms with Crippen LogP contribution >= 0.6 is 0 Å². The van der Waals surface area contributed by atoms with Gasteiger partial charge in [0.15, 0.2) is 0 Å². The summed E-state index contributed by atoms with van der Waals surface area (Å²) >= 11 is 0. The molecule has 0 fully saturated rings. The number of aryl methyl sites for hydroxylation is 2. The maximum Gasteiger partial charge on any atom is 0.137 e. The predicted molar refractivity (Wildman–Crippen MR) is 78.7 cm³/mol. The van der Waals surface area contributed by atoms with Crippen LogP contribution in [0.5, 0.6) is 0 Å². The Labute approximate surface area is 114 Å². The van der Waals surface area contributed by atoms with Gasteiger partial charge in [0.2, 0.25) is 0 Å². The second-order valence-electron chi connectivity index (χ2n) is 5.03. The van der Waals surface area contributed by atoms with E-state index in [9.17, 15) is 0 Å². The molecule has 3 heteroatoms. The van der Waals surface area contributed by atoms with Crippen molar-refractivity contribution in [3.63, 3.8) is 0 Å². The molecule has 0 saturated heterocycles. The molecule has 0 amide bonds. The van der Waals surface area contributed by atoms with Crippen LogP contribution in [0.4, 0.5) is 11.5 Å². The Morgan fingerprint density at radius 2 is 2.00 bits per heavy atom. The average molecular weight is 253 g/mol. The SMILES string of the molecule is CN(c1ccccc1)c1nc2c(cc1CN)CCC2. The molecule has 1 aromatic heterocycles. The van der Waals surface area contributed by atoms with Crippen LogP contribution in [0.1, 0.15) is 23.2 Å². The van der Waals surface area contributed by atoms with E-state index in [2.05, 4.69) is 30.1 Å². The number of anilines is 2. The van der Waals surface area contributed by atoms with Crippen molar-refractivity contribution < 1.29 is 0 Å². The summed E-state index contributed by atoms with van der Waals surface area (Å²) in [4.78, 5) is 6.97. The molecule has 98 valence electrons. The zero-order valence-corrected chi connectivity index (χ0v) is 11.3. The second kappa shape index (κ2) is 5.02. The van der Waals surface area contributed by atoms with Crippen LogP contribution < -0.4 is 10.6 Å². The predicted octanol–water partition coefficient (Wildman–Crippen LogP) is 2.80. The quantitative estimate of drug-likeness (QED) is 0.914. The lowest BCUT2D eigenvalue weighted by Crippen LogP contribution is -2.16. The summed E-state index contributed by atoms with van der Waals surface area (Å²) in [6, 6.07) is 12.5. The van der Waals surface area contributed by atoms with Gasteiger partial charge in [-0.3, -0.25) is 0 Å². The number of pyridine rings is 1. The zero-order chi connectivity index (χ0) is 13.2. The van der Waals surface area contributed by atoms with Gasteiger partial charge in [0.1, 0.15) is 5.82 Å². The monoisotopic (exact) mass is 253 g/mol. The number of rotatable bonds is 3. The van der Waals surface area contributed by atoms with Gasteiger partial charge in [-0.15, -0.1) is 0 Å². The highest BCUT2D eigenvalue weighted by atomic mass is 15.2. The summed E-state index contributed by atoms with van der Waals surface area (Å²) in [5.41, 5.74) is 10.8. The van der Waals surface area contributed by atoms with Crippen LogP contribution in [-0.2, 0) is 19.4 Å². The third-order valence-electron chi connectivity index (χ3n) is 3.79. The van der Waals surface area contributed by atoms with Gasteiger partial charge in [-0.2, -0.15) is 0 Å². The van der Waals surface area contributed by atoms with Crippen LogP contribution in [-0.4, -0.2) is 12.0 Å². The molecule has 1 aliphatic carbocycles. The number of nitrogens with zero attached hydrogens (tertiary/aromatic N) is 2. The smallest absolute Gasteiger partial charge is 0.137 e. The minimum absolute atomic E-state index is 0.535. The van der Waals surface area contributed by atoms with E-state index in [-0.39, 0.29) is 0 Å². The van der Waals surface area contributed by atoms with Gasteiger partial charge in [0.05, 0.1) is 0 Å². The van der Waals surface area contributed by atoms with Crippen molar-refractivity contribution in [2.45, 2.75) is 25.8 Å². The van der Waals surface area contributed by atoms with E-state index in [0.29, 0.717) is 6.54 Å². The number of hydrogen-bond donors (Lipinski definition) is 1. The third kappa shape index (κ3) is 2.22. The fourth-order valence-corrected chi connectivity index (χ4v) is 2.72. The molecule has 1 aromatic carbocycles. The number of hydrogen-bond acceptors (Lipinski definition) is 3. The summed E-state index contributed by atoms with van der Waals surface area (Å²) in [6.45, 7) is 0.535. The normalized spacial score (nSPS) is 13.4. The van der Waals surface area contributed by atoms with Crippen molar-refractivity contribution in [2.24, 2.45) is 5.73 Å². The van der Waals surface area contributed by atoms with E-state index in [4.69, 9.17) is 10.7 Å². The minimum atomic E-state index is 0.535. The molecule has 0 unspecified atom stereocenters. The molecule has 2 aromatic rings. The lowest BCUT2D eigenvalue weighted by molar-refractivity contribution is 0.897. The van der Waals surface area contributed by atoms with Crippen LogP contribution in [0.15, 0.2) is 36.4 Å². The first kappa shape index (κ1) is 12.2. The Hall–Kier alpha value is -1.87. The molecule has 2 N–H and O–H groups in total. The lowest BCUT2D eigenvalue weighted by Gasteiger charge is -2.22. The molecule has 19 heavy (non-hydrogen) atoms. The molecule has 0 radical (unpaired) electrons. The van der Waals surface area contributed by atoms with Gasteiger partial charge in [-0.1, -0.05) is 18.2 Å². The molecule has 3 nitrogen and oxygen atoms in total. The van der Waals surface area contributed by atoms with Gasteiger partial charge in [0, 0.05) is 30.5 Å². The first-order chi connectivity index (χ1) is 9.29. The topological polar surface area (TPSA) is 42.2 Å². The largest absolute Gasteiger partial charge is 0.329 e. The van der Waals surface area contributed by atoms with Gasteiger partial charge in [-0.25, -0.2) is 4.98 Å². The standard InChI is InChI=1S/C16H19N3/c1-19(14-7-3-2-4-8-14)16-13(11-17)10-12-6-5-9-15(12)18-16/h2-4,7-8,10H,5-6,9,11,17H2,1H3. The fraction of sp³-hybridized carbons (Fsp3) is 0.312. The maximum absolute atomic E-state index is 5.89. The van der Waals surface area contributed by atoms with E-state index in [0.717, 1.165) is 29.9 Å². The number of fused-ring (bicyclic) bond motifs is 1. The molecular formula is C16H19N3. The number of para-hydroxylation sites is 1. The maximum atomic E-state index is 5.89. The van der Waals surface area contributed by atoms with Crippen LogP contribution in [0, 0.1) is 0 Å². The fourth-order valence-electron chi connectivity index (χ4n) is 2.72. The van der Waals surface area contributed by atoms with E-state index in [1.54, 1.807) is 0 Å². The first-order valence-electron chi connectivity index (χ1n) is 6.80. The summed E-state index contributed by atoms with van der Waals surface area (Å²) < 4.78 is 0. The van der Waals surface area contributed by atoms with Crippen molar-refractivity contribution in [1.29, 1.82) is 0 Å².